The second kappa shape index (κ2) is 11.0. The Morgan fingerprint density at radius 2 is 2.10 bits per heavy atom. The summed E-state index contributed by atoms with van der Waals surface area (Å²) in [5.41, 5.74) is 2.98. The number of nitrogens with zero attached hydrogens (tertiary/aromatic N) is 3. The van der Waals surface area contributed by atoms with Crippen LogP contribution in [-0.4, -0.2) is 33.8 Å². The third-order valence-corrected chi connectivity index (χ3v) is 5.82. The topological polar surface area (TPSA) is 71.8 Å². The lowest BCUT2D eigenvalue weighted by Crippen LogP contribution is -2.15. The Balaban J connectivity index is 0.00000150. The van der Waals surface area contributed by atoms with E-state index in [4.69, 9.17) is 0 Å². The van der Waals surface area contributed by atoms with Crippen molar-refractivity contribution in [2.24, 2.45) is 5.92 Å². The zero-order chi connectivity index (χ0) is 18.6. The van der Waals surface area contributed by atoms with E-state index in [-0.39, 0.29) is 30.7 Å². The van der Waals surface area contributed by atoms with Gasteiger partial charge in [0.15, 0.2) is 5.82 Å². The molecular formula is C21H31Cl2N5O. The van der Waals surface area contributed by atoms with E-state index in [1.165, 1.54) is 25.7 Å². The molecule has 0 saturated carbocycles. The molecule has 1 atom stereocenters. The molecule has 0 spiro atoms. The van der Waals surface area contributed by atoms with Crippen LogP contribution in [0.2, 0.25) is 0 Å². The molecule has 0 aliphatic carbocycles. The number of halogens is 2. The highest BCUT2D eigenvalue weighted by molar-refractivity contribution is 5.92. The van der Waals surface area contributed by atoms with Crippen molar-refractivity contribution in [1.29, 1.82) is 0 Å². The smallest absolute Gasteiger partial charge is 0.224 e. The van der Waals surface area contributed by atoms with E-state index in [9.17, 15) is 4.79 Å². The van der Waals surface area contributed by atoms with Gasteiger partial charge in [0.1, 0.15) is 5.82 Å². The SMILES string of the molecule is Cc1ccc(-c2nnc3n2CCCCC3)cc1NC(=O)CCC1CCNC1.Cl.Cl. The molecule has 6 nitrogen and oxygen atoms in total. The third-order valence-electron chi connectivity index (χ3n) is 5.82. The van der Waals surface area contributed by atoms with Crippen molar-refractivity contribution < 1.29 is 4.79 Å². The van der Waals surface area contributed by atoms with Crippen LogP contribution in [-0.2, 0) is 17.8 Å². The number of rotatable bonds is 5. The monoisotopic (exact) mass is 439 g/mol. The normalized spacial score (nSPS) is 18.2. The van der Waals surface area contributed by atoms with Gasteiger partial charge in [0.05, 0.1) is 0 Å². The van der Waals surface area contributed by atoms with E-state index in [1.54, 1.807) is 0 Å². The Labute approximate surface area is 185 Å². The molecule has 1 fully saturated rings. The molecule has 3 heterocycles. The first-order valence-electron chi connectivity index (χ1n) is 10.2. The highest BCUT2D eigenvalue weighted by Gasteiger charge is 2.18. The Kier molecular flexibility index (Phi) is 8.93. The van der Waals surface area contributed by atoms with Crippen molar-refractivity contribution in [3.05, 3.63) is 29.6 Å². The fourth-order valence-corrected chi connectivity index (χ4v) is 4.10. The fraction of sp³-hybridized carbons (Fsp3) is 0.571. The average molecular weight is 440 g/mol. The maximum Gasteiger partial charge on any atom is 0.224 e. The van der Waals surface area contributed by atoms with Gasteiger partial charge in [0, 0.05) is 30.6 Å². The van der Waals surface area contributed by atoms with Gasteiger partial charge < -0.3 is 15.2 Å². The van der Waals surface area contributed by atoms with Crippen LogP contribution < -0.4 is 10.6 Å². The van der Waals surface area contributed by atoms with Gasteiger partial charge >= 0.3 is 0 Å². The van der Waals surface area contributed by atoms with Crippen LogP contribution >= 0.6 is 24.8 Å². The number of nitrogens with one attached hydrogen (secondary N) is 2. The summed E-state index contributed by atoms with van der Waals surface area (Å²) in [5, 5.41) is 15.3. The van der Waals surface area contributed by atoms with Crippen LogP contribution in [0.5, 0.6) is 0 Å². The number of hydrogen-bond acceptors (Lipinski definition) is 4. The average Bonchev–Trinajstić information content (AvgIpc) is 3.27. The molecule has 2 aliphatic heterocycles. The maximum atomic E-state index is 12.4. The number of aryl methyl sites for hydroxylation is 2. The molecule has 1 saturated heterocycles. The molecule has 1 unspecified atom stereocenters. The van der Waals surface area contributed by atoms with Crippen molar-refractivity contribution in [1.82, 2.24) is 20.1 Å². The summed E-state index contributed by atoms with van der Waals surface area (Å²) in [5.74, 6) is 2.73. The number of anilines is 1. The lowest BCUT2D eigenvalue weighted by Gasteiger charge is -2.13. The fourth-order valence-electron chi connectivity index (χ4n) is 4.10. The maximum absolute atomic E-state index is 12.4. The number of aromatic nitrogens is 3. The molecule has 2 aliphatic rings. The standard InChI is InChI=1S/C21H29N5O.2ClH/c1-15-6-8-17(21-25-24-19-5-3-2-4-12-26(19)21)13-18(15)23-20(27)9-7-16-10-11-22-14-16;;/h6,8,13,16,22H,2-5,7,9-12,14H2,1H3,(H,23,27);2*1H. The summed E-state index contributed by atoms with van der Waals surface area (Å²) in [4.78, 5) is 12.4. The summed E-state index contributed by atoms with van der Waals surface area (Å²) in [6.45, 7) is 5.13. The largest absolute Gasteiger partial charge is 0.326 e. The van der Waals surface area contributed by atoms with Crippen molar-refractivity contribution in [2.45, 2.75) is 58.4 Å². The molecule has 0 bridgehead atoms. The summed E-state index contributed by atoms with van der Waals surface area (Å²) in [6.07, 6.45) is 7.31. The highest BCUT2D eigenvalue weighted by atomic mass is 35.5. The minimum atomic E-state index is 0. The molecule has 2 N–H and O–H groups in total. The van der Waals surface area contributed by atoms with Crippen LogP contribution in [0.1, 0.15) is 49.9 Å². The van der Waals surface area contributed by atoms with Crippen molar-refractivity contribution in [2.75, 3.05) is 18.4 Å². The first-order valence-corrected chi connectivity index (χ1v) is 10.2. The van der Waals surface area contributed by atoms with E-state index in [2.05, 4.69) is 37.5 Å². The van der Waals surface area contributed by atoms with E-state index < -0.39 is 0 Å². The van der Waals surface area contributed by atoms with E-state index in [1.807, 2.05) is 13.0 Å². The summed E-state index contributed by atoms with van der Waals surface area (Å²) >= 11 is 0. The predicted molar refractivity (Wildman–Crippen MR) is 121 cm³/mol. The molecule has 160 valence electrons. The molecule has 1 amide bonds. The number of benzene rings is 1. The minimum absolute atomic E-state index is 0. The first-order chi connectivity index (χ1) is 13.2. The van der Waals surface area contributed by atoms with Gasteiger partial charge in [-0.2, -0.15) is 0 Å². The van der Waals surface area contributed by atoms with Gasteiger partial charge in [-0.3, -0.25) is 4.79 Å². The van der Waals surface area contributed by atoms with E-state index >= 15 is 0 Å². The van der Waals surface area contributed by atoms with Crippen molar-refractivity contribution >= 4 is 36.4 Å². The lowest BCUT2D eigenvalue weighted by molar-refractivity contribution is -0.116. The highest BCUT2D eigenvalue weighted by Crippen LogP contribution is 2.27. The molecule has 8 heteroatoms. The van der Waals surface area contributed by atoms with Gasteiger partial charge in [0.25, 0.3) is 0 Å². The zero-order valence-corrected chi connectivity index (χ0v) is 18.6. The molecule has 0 radical (unpaired) electrons. The molecular weight excluding hydrogens is 409 g/mol. The minimum Gasteiger partial charge on any atom is -0.326 e. The van der Waals surface area contributed by atoms with Crippen molar-refractivity contribution in [3.8, 4) is 11.4 Å². The molecule has 1 aromatic carbocycles. The van der Waals surface area contributed by atoms with Crippen LogP contribution in [0.15, 0.2) is 18.2 Å². The quantitative estimate of drug-likeness (QED) is 0.733. The number of carbonyl (C=O) groups is 1. The Hall–Kier alpha value is -1.63. The van der Waals surface area contributed by atoms with Gasteiger partial charge in [-0.15, -0.1) is 35.0 Å². The Morgan fingerprint density at radius 1 is 1.24 bits per heavy atom. The van der Waals surface area contributed by atoms with Gasteiger partial charge in [-0.05, 0) is 63.2 Å². The second-order valence-corrected chi connectivity index (χ2v) is 7.88. The first kappa shape index (κ1) is 23.6. The van der Waals surface area contributed by atoms with E-state index in [0.717, 1.165) is 60.9 Å². The van der Waals surface area contributed by atoms with Crippen molar-refractivity contribution in [3.63, 3.8) is 0 Å². The van der Waals surface area contributed by atoms with Crippen LogP contribution in [0.25, 0.3) is 11.4 Å². The number of amides is 1. The number of carbonyl (C=O) groups excluding carboxylic acids is 1. The van der Waals surface area contributed by atoms with Gasteiger partial charge in [-0.1, -0.05) is 18.6 Å². The predicted octanol–water partition coefficient (Wildman–Crippen LogP) is 4.15. The second-order valence-electron chi connectivity index (χ2n) is 7.88. The number of fused-ring (bicyclic) bond motifs is 1. The van der Waals surface area contributed by atoms with Crippen LogP contribution in [0.4, 0.5) is 5.69 Å². The zero-order valence-electron chi connectivity index (χ0n) is 16.9. The van der Waals surface area contributed by atoms with Crippen LogP contribution in [0.3, 0.4) is 0 Å². The molecule has 2 aromatic rings. The molecule has 1 aromatic heterocycles. The molecule has 4 rings (SSSR count). The van der Waals surface area contributed by atoms with Gasteiger partial charge in [-0.25, -0.2) is 0 Å². The van der Waals surface area contributed by atoms with Gasteiger partial charge in [0.2, 0.25) is 5.91 Å². The summed E-state index contributed by atoms with van der Waals surface area (Å²) in [7, 11) is 0. The Morgan fingerprint density at radius 3 is 2.90 bits per heavy atom. The van der Waals surface area contributed by atoms with Crippen LogP contribution in [0, 0.1) is 12.8 Å². The summed E-state index contributed by atoms with van der Waals surface area (Å²) in [6, 6.07) is 6.19. The lowest BCUT2D eigenvalue weighted by atomic mass is 10.0. The Bertz CT molecular complexity index is 817. The van der Waals surface area contributed by atoms with E-state index in [0.29, 0.717) is 12.3 Å². The molecule has 29 heavy (non-hydrogen) atoms. The summed E-state index contributed by atoms with van der Waals surface area (Å²) < 4.78 is 2.25. The number of hydrogen-bond donors (Lipinski definition) is 2. The third kappa shape index (κ3) is 5.71.